The van der Waals surface area contributed by atoms with Crippen LogP contribution in [0.25, 0.3) is 0 Å². The number of ether oxygens (including phenoxy) is 1. The maximum atomic E-state index is 14.4. The van der Waals surface area contributed by atoms with E-state index < -0.39 is 0 Å². The molecule has 35 heavy (non-hydrogen) atoms. The van der Waals surface area contributed by atoms with Crippen molar-refractivity contribution in [3.8, 4) is 0 Å². The Hall–Kier alpha value is -3.03. The van der Waals surface area contributed by atoms with Gasteiger partial charge in [0.2, 0.25) is 0 Å². The van der Waals surface area contributed by atoms with Crippen molar-refractivity contribution in [1.29, 1.82) is 0 Å². The molecule has 3 aromatic rings. The number of thiophene rings is 1. The Kier molecular flexibility index (Phi) is 7.98. The van der Waals surface area contributed by atoms with Gasteiger partial charge in [0.25, 0.3) is 5.91 Å². The number of carbonyl (C=O) groups is 2. The number of halogens is 1. The van der Waals surface area contributed by atoms with Gasteiger partial charge in [-0.1, -0.05) is 30.3 Å². The molecule has 1 aliphatic rings. The summed E-state index contributed by atoms with van der Waals surface area (Å²) in [4.78, 5) is 28.7. The Balaban J connectivity index is 1.69. The smallest absolute Gasteiger partial charge is 0.309 e. The maximum absolute atomic E-state index is 14.4. The molecule has 1 N–H and O–H groups in total. The molecule has 1 amide bonds. The van der Waals surface area contributed by atoms with E-state index in [1.807, 2.05) is 38.1 Å². The number of amides is 1. The number of nitrogens with one attached hydrogen (secondary N) is 1. The number of carbonyl (C=O) groups excluding carboxylic acids is 2. The molecular weight excluding hydrogens is 463 g/mol. The second kappa shape index (κ2) is 11.1. The zero-order valence-electron chi connectivity index (χ0n) is 20.3. The minimum absolute atomic E-state index is 0.123. The predicted octanol–water partition coefficient (Wildman–Crippen LogP) is 6.12. The molecule has 1 aliphatic heterocycles. The first kappa shape index (κ1) is 25.1. The molecule has 1 atom stereocenters. The molecule has 2 aromatic carbocycles. The van der Waals surface area contributed by atoms with Gasteiger partial charge in [0, 0.05) is 16.0 Å². The minimum atomic E-state index is -0.298. The maximum Gasteiger partial charge on any atom is 0.309 e. The first-order valence-corrected chi connectivity index (χ1v) is 12.8. The summed E-state index contributed by atoms with van der Waals surface area (Å²) in [7, 11) is 0. The van der Waals surface area contributed by atoms with Crippen LogP contribution in [0.2, 0.25) is 0 Å². The molecule has 1 unspecified atom stereocenters. The van der Waals surface area contributed by atoms with Gasteiger partial charge >= 0.3 is 5.97 Å². The summed E-state index contributed by atoms with van der Waals surface area (Å²) in [6, 6.07) is 15.5. The number of hydrogen-bond donors (Lipinski definition) is 1. The lowest BCUT2D eigenvalue weighted by molar-refractivity contribution is -0.149. The highest BCUT2D eigenvalue weighted by molar-refractivity contribution is 7.16. The van der Waals surface area contributed by atoms with E-state index >= 15 is 0 Å². The molecule has 1 fully saturated rings. The van der Waals surface area contributed by atoms with E-state index in [0.717, 1.165) is 26.6 Å². The van der Waals surface area contributed by atoms with Crippen molar-refractivity contribution in [3.63, 3.8) is 0 Å². The molecule has 5 nitrogen and oxygen atoms in total. The average Bonchev–Trinajstić information content (AvgIpc) is 3.13. The fourth-order valence-electron chi connectivity index (χ4n) is 4.72. The van der Waals surface area contributed by atoms with Crippen LogP contribution in [0, 0.1) is 25.6 Å². The van der Waals surface area contributed by atoms with Gasteiger partial charge in [-0.05, 0) is 82.1 Å². The van der Waals surface area contributed by atoms with Gasteiger partial charge in [-0.2, -0.15) is 0 Å². The number of esters is 1. The molecule has 7 heteroatoms. The Morgan fingerprint density at radius 3 is 2.49 bits per heavy atom. The highest BCUT2D eigenvalue weighted by Crippen LogP contribution is 2.43. The minimum Gasteiger partial charge on any atom is -0.466 e. The van der Waals surface area contributed by atoms with Crippen LogP contribution in [0.4, 0.5) is 9.39 Å². The van der Waals surface area contributed by atoms with Crippen molar-refractivity contribution in [2.75, 3.05) is 25.0 Å². The van der Waals surface area contributed by atoms with Gasteiger partial charge in [-0.25, -0.2) is 4.39 Å². The van der Waals surface area contributed by atoms with Gasteiger partial charge in [0.15, 0.2) is 0 Å². The lowest BCUT2D eigenvalue weighted by Crippen LogP contribution is -2.40. The standard InChI is InChI=1S/C28H31FN2O3S/c1-4-34-28(33)21-13-15-31(16-14-21)25(22-11-8-12-23(29)17-22)24-18(2)19(3)35-27(24)30-26(32)20-9-6-5-7-10-20/h5-12,17,21,25H,4,13-16H2,1-3H3,(H,30,32). The average molecular weight is 495 g/mol. The second-order valence-electron chi connectivity index (χ2n) is 8.87. The van der Waals surface area contributed by atoms with Gasteiger partial charge in [-0.15, -0.1) is 11.3 Å². The molecule has 0 saturated carbocycles. The second-order valence-corrected chi connectivity index (χ2v) is 10.1. The molecule has 0 spiro atoms. The quantitative estimate of drug-likeness (QED) is 0.402. The summed E-state index contributed by atoms with van der Waals surface area (Å²) in [5.41, 5.74) is 3.48. The first-order chi connectivity index (χ1) is 16.9. The third kappa shape index (κ3) is 5.63. The number of nitrogens with zero attached hydrogens (tertiary/aromatic N) is 1. The van der Waals surface area contributed by atoms with Crippen LogP contribution in [-0.2, 0) is 9.53 Å². The number of piperidine rings is 1. The molecular formula is C28H31FN2O3S. The fraction of sp³-hybridized carbons (Fsp3) is 0.357. The molecule has 2 heterocycles. The summed E-state index contributed by atoms with van der Waals surface area (Å²) in [5, 5.41) is 3.89. The molecule has 4 rings (SSSR count). The molecule has 1 aromatic heterocycles. The van der Waals surface area contributed by atoms with Crippen molar-refractivity contribution in [3.05, 3.63) is 87.5 Å². The fourth-order valence-corrected chi connectivity index (χ4v) is 5.81. The van der Waals surface area contributed by atoms with Crippen LogP contribution < -0.4 is 5.32 Å². The molecule has 184 valence electrons. The normalized spacial score (nSPS) is 15.5. The van der Waals surface area contributed by atoms with Gasteiger partial charge < -0.3 is 10.1 Å². The van der Waals surface area contributed by atoms with Gasteiger partial charge in [0.1, 0.15) is 10.8 Å². The number of aryl methyl sites for hydroxylation is 1. The zero-order valence-corrected chi connectivity index (χ0v) is 21.2. The Morgan fingerprint density at radius 2 is 1.83 bits per heavy atom. The molecule has 1 saturated heterocycles. The summed E-state index contributed by atoms with van der Waals surface area (Å²) in [6.45, 7) is 7.63. The van der Waals surface area contributed by atoms with Gasteiger partial charge in [0.05, 0.1) is 18.6 Å². The predicted molar refractivity (Wildman–Crippen MR) is 137 cm³/mol. The number of likely N-dealkylation sites (tertiary alicyclic amines) is 1. The zero-order chi connectivity index (χ0) is 24.9. The van der Waals surface area contributed by atoms with E-state index in [1.165, 1.54) is 6.07 Å². The summed E-state index contributed by atoms with van der Waals surface area (Å²) in [5.74, 6) is -0.741. The monoisotopic (exact) mass is 494 g/mol. The highest BCUT2D eigenvalue weighted by atomic mass is 32.1. The van der Waals surface area contributed by atoms with Crippen molar-refractivity contribution in [2.45, 2.75) is 39.7 Å². The van der Waals surface area contributed by atoms with E-state index in [-0.39, 0.29) is 29.7 Å². The Morgan fingerprint density at radius 1 is 1.11 bits per heavy atom. The van der Waals surface area contributed by atoms with Crippen LogP contribution in [0.15, 0.2) is 54.6 Å². The van der Waals surface area contributed by atoms with E-state index in [2.05, 4.69) is 17.1 Å². The topological polar surface area (TPSA) is 58.6 Å². The van der Waals surface area contributed by atoms with Crippen LogP contribution in [0.5, 0.6) is 0 Å². The van der Waals surface area contributed by atoms with E-state index in [1.54, 1.807) is 35.6 Å². The summed E-state index contributed by atoms with van der Waals surface area (Å²) >= 11 is 1.54. The largest absolute Gasteiger partial charge is 0.466 e. The molecule has 0 bridgehead atoms. The summed E-state index contributed by atoms with van der Waals surface area (Å²) in [6.07, 6.45) is 1.36. The molecule has 0 radical (unpaired) electrons. The lowest BCUT2D eigenvalue weighted by atomic mass is 9.90. The van der Waals surface area contributed by atoms with Gasteiger partial charge in [-0.3, -0.25) is 14.5 Å². The third-order valence-corrected chi connectivity index (χ3v) is 7.79. The van der Waals surface area contributed by atoms with E-state index in [4.69, 9.17) is 4.74 Å². The molecule has 0 aliphatic carbocycles. The lowest BCUT2D eigenvalue weighted by Gasteiger charge is -2.38. The van der Waals surface area contributed by atoms with Crippen molar-refractivity contribution in [1.82, 2.24) is 4.90 Å². The van der Waals surface area contributed by atoms with Crippen molar-refractivity contribution in [2.24, 2.45) is 5.92 Å². The number of rotatable bonds is 7. The highest BCUT2D eigenvalue weighted by Gasteiger charge is 2.34. The number of hydrogen-bond acceptors (Lipinski definition) is 5. The summed E-state index contributed by atoms with van der Waals surface area (Å²) < 4.78 is 19.6. The Labute approximate surface area is 209 Å². The van der Waals surface area contributed by atoms with Crippen LogP contribution in [0.3, 0.4) is 0 Å². The third-order valence-electron chi connectivity index (χ3n) is 6.65. The van der Waals surface area contributed by atoms with Crippen LogP contribution in [0.1, 0.15) is 57.7 Å². The van der Waals surface area contributed by atoms with Crippen LogP contribution >= 0.6 is 11.3 Å². The van der Waals surface area contributed by atoms with Crippen molar-refractivity contribution < 1.29 is 18.7 Å². The first-order valence-electron chi connectivity index (χ1n) is 12.0. The Bertz CT molecular complexity index is 1190. The van der Waals surface area contributed by atoms with E-state index in [0.29, 0.717) is 38.1 Å². The number of anilines is 1. The van der Waals surface area contributed by atoms with Crippen LogP contribution in [-0.4, -0.2) is 36.5 Å². The van der Waals surface area contributed by atoms with E-state index in [9.17, 15) is 14.0 Å². The SMILES string of the molecule is CCOC(=O)C1CCN(C(c2cccc(F)c2)c2c(NC(=O)c3ccccc3)sc(C)c2C)CC1. The van der Waals surface area contributed by atoms with Crippen molar-refractivity contribution >= 4 is 28.2 Å². The number of benzene rings is 2.